The first-order valence-corrected chi connectivity index (χ1v) is 9.26. The highest BCUT2D eigenvalue weighted by Crippen LogP contribution is 2.54. The fourth-order valence-corrected chi connectivity index (χ4v) is 3.97. The number of aromatic nitrogens is 5. The Morgan fingerprint density at radius 3 is 2.77 bits per heavy atom. The molecule has 6 rings (SSSR count). The molecule has 0 unspecified atom stereocenters. The van der Waals surface area contributed by atoms with E-state index in [-0.39, 0.29) is 17.3 Å². The normalized spacial score (nSPS) is 18.2. The minimum Gasteiger partial charge on any atom is -0.422 e. The molecular formula is C21H15FN6O2. The van der Waals surface area contributed by atoms with Gasteiger partial charge in [0.1, 0.15) is 5.69 Å². The summed E-state index contributed by atoms with van der Waals surface area (Å²) in [6, 6.07) is 9.72. The highest BCUT2D eigenvalue weighted by molar-refractivity contribution is 5.96. The van der Waals surface area contributed by atoms with Crippen molar-refractivity contribution in [2.24, 2.45) is 0 Å². The van der Waals surface area contributed by atoms with Crippen molar-refractivity contribution in [1.29, 1.82) is 0 Å². The third kappa shape index (κ3) is 2.28. The van der Waals surface area contributed by atoms with Gasteiger partial charge in [-0.1, -0.05) is 12.1 Å². The number of pyridine rings is 1. The average molecular weight is 405 g/mol. The van der Waals surface area contributed by atoms with Gasteiger partial charge in [0.2, 0.25) is 12.3 Å². The van der Waals surface area contributed by atoms with Crippen LogP contribution in [-0.2, 0) is 5.54 Å². The summed E-state index contributed by atoms with van der Waals surface area (Å²) in [6.45, 7) is -2.66. The Morgan fingerprint density at radius 1 is 1.20 bits per heavy atom. The monoisotopic (exact) mass is 405 g/mol. The van der Waals surface area contributed by atoms with Crippen LogP contribution in [0.15, 0.2) is 53.4 Å². The minimum atomic E-state index is -2.66. The summed E-state index contributed by atoms with van der Waals surface area (Å²) >= 11 is 0. The summed E-state index contributed by atoms with van der Waals surface area (Å²) in [5.74, 6) is -1.15. The van der Waals surface area contributed by atoms with E-state index < -0.39 is 24.4 Å². The Kier molecular flexibility index (Phi) is 2.75. The second kappa shape index (κ2) is 5.82. The number of halogens is 1. The standard InChI is InChI=1S/C21H15FN6O2/c1-27-20(29)17-9-15(19-25-24-11-30-19)26-28(17)16-8-12(13-3-5-18(22)23-10-13)2-4-14(16)21(27)6-7-21/h2-5,8-11H,6-7H2,1H3/i1D3. The zero-order chi connectivity index (χ0) is 23.0. The number of hydrogen-bond donors (Lipinski definition) is 0. The Morgan fingerprint density at radius 2 is 2.07 bits per heavy atom. The average Bonchev–Trinajstić information content (AvgIpc) is 3.21. The summed E-state index contributed by atoms with van der Waals surface area (Å²) in [5.41, 5.74) is 1.96. The summed E-state index contributed by atoms with van der Waals surface area (Å²) in [7, 11) is 0. The van der Waals surface area contributed by atoms with Gasteiger partial charge in [-0.25, -0.2) is 9.67 Å². The summed E-state index contributed by atoms with van der Waals surface area (Å²) in [5, 5.41) is 12.0. The molecule has 8 nitrogen and oxygen atoms in total. The molecule has 1 fully saturated rings. The van der Waals surface area contributed by atoms with Gasteiger partial charge in [-0.3, -0.25) is 4.79 Å². The molecule has 0 N–H and O–H groups in total. The van der Waals surface area contributed by atoms with Crippen molar-refractivity contribution in [3.63, 3.8) is 0 Å². The van der Waals surface area contributed by atoms with E-state index in [1.54, 1.807) is 18.2 Å². The van der Waals surface area contributed by atoms with E-state index >= 15 is 0 Å². The van der Waals surface area contributed by atoms with E-state index in [1.807, 2.05) is 6.07 Å². The van der Waals surface area contributed by atoms with Crippen LogP contribution in [-0.4, -0.2) is 42.7 Å². The maximum atomic E-state index is 13.6. The lowest BCUT2D eigenvalue weighted by atomic mass is 9.97. The Balaban J connectivity index is 1.62. The van der Waals surface area contributed by atoms with Crippen LogP contribution < -0.4 is 0 Å². The molecule has 4 aromatic rings. The quantitative estimate of drug-likeness (QED) is 0.476. The van der Waals surface area contributed by atoms with Crippen molar-refractivity contribution in [2.45, 2.75) is 18.4 Å². The molecule has 1 aromatic carbocycles. The van der Waals surface area contributed by atoms with E-state index in [1.165, 1.54) is 23.0 Å². The van der Waals surface area contributed by atoms with E-state index in [4.69, 9.17) is 8.53 Å². The van der Waals surface area contributed by atoms with Crippen molar-refractivity contribution in [3.8, 4) is 28.4 Å². The lowest BCUT2D eigenvalue weighted by Crippen LogP contribution is -2.36. The summed E-state index contributed by atoms with van der Waals surface area (Å²) in [4.78, 5) is 18.3. The zero-order valence-corrected chi connectivity index (χ0v) is 15.4. The van der Waals surface area contributed by atoms with Gasteiger partial charge in [0.25, 0.3) is 11.8 Å². The summed E-state index contributed by atoms with van der Waals surface area (Å²) < 4.78 is 44.3. The molecule has 1 amide bonds. The van der Waals surface area contributed by atoms with Crippen LogP contribution in [0.3, 0.4) is 0 Å². The fourth-order valence-electron chi connectivity index (χ4n) is 3.97. The highest BCUT2D eigenvalue weighted by Gasteiger charge is 2.53. The number of fused-ring (bicyclic) bond motifs is 4. The maximum Gasteiger partial charge on any atom is 0.273 e. The van der Waals surface area contributed by atoms with Crippen LogP contribution in [0.25, 0.3) is 28.4 Å². The SMILES string of the molecule is [2H]C([2H])([2H])N1C(=O)c2cc(-c3nnco3)nn2-c2cc(-c3ccc(F)nc3)ccc2C12CC2. The van der Waals surface area contributed by atoms with Gasteiger partial charge in [-0.2, -0.15) is 9.49 Å². The van der Waals surface area contributed by atoms with Crippen molar-refractivity contribution in [2.75, 3.05) is 6.98 Å². The van der Waals surface area contributed by atoms with Crippen LogP contribution in [0.4, 0.5) is 4.39 Å². The predicted octanol–water partition coefficient (Wildman–Crippen LogP) is 3.20. The third-order valence-corrected chi connectivity index (χ3v) is 5.65. The Labute approximate surface area is 174 Å². The predicted molar refractivity (Wildman–Crippen MR) is 103 cm³/mol. The number of amides is 1. The van der Waals surface area contributed by atoms with Gasteiger partial charge in [0.05, 0.1) is 11.2 Å². The molecule has 3 aromatic heterocycles. The van der Waals surface area contributed by atoms with Gasteiger partial charge >= 0.3 is 0 Å². The molecule has 1 spiro atoms. The molecule has 148 valence electrons. The van der Waals surface area contributed by atoms with Crippen molar-refractivity contribution in [1.82, 2.24) is 29.9 Å². The Hall–Kier alpha value is -3.88. The van der Waals surface area contributed by atoms with E-state index in [0.717, 1.165) is 11.3 Å². The number of carbonyl (C=O) groups is 1. The van der Waals surface area contributed by atoms with Crippen LogP contribution >= 0.6 is 0 Å². The second-order valence-corrected chi connectivity index (χ2v) is 7.34. The van der Waals surface area contributed by atoms with E-state index in [2.05, 4.69) is 20.3 Å². The molecule has 1 aliphatic carbocycles. The first-order valence-electron chi connectivity index (χ1n) is 10.8. The van der Waals surface area contributed by atoms with Gasteiger partial charge in [0, 0.05) is 34.5 Å². The molecule has 0 radical (unpaired) electrons. The number of nitrogens with zero attached hydrogens (tertiary/aromatic N) is 6. The number of benzene rings is 1. The first kappa shape index (κ1) is 14.2. The van der Waals surface area contributed by atoms with E-state index in [0.29, 0.717) is 35.2 Å². The molecule has 0 atom stereocenters. The highest BCUT2D eigenvalue weighted by atomic mass is 19.1. The minimum absolute atomic E-state index is 0.0683. The molecule has 0 bridgehead atoms. The molecule has 1 aliphatic heterocycles. The van der Waals surface area contributed by atoms with Gasteiger partial charge < -0.3 is 9.32 Å². The first-order chi connectivity index (χ1) is 15.8. The molecule has 2 aliphatic rings. The van der Waals surface area contributed by atoms with Crippen molar-refractivity contribution in [3.05, 3.63) is 66.2 Å². The van der Waals surface area contributed by atoms with E-state index in [9.17, 15) is 9.18 Å². The molecule has 30 heavy (non-hydrogen) atoms. The third-order valence-electron chi connectivity index (χ3n) is 5.65. The topological polar surface area (TPSA) is 89.9 Å². The van der Waals surface area contributed by atoms with Gasteiger partial charge in [-0.15, -0.1) is 10.2 Å². The van der Waals surface area contributed by atoms with Crippen LogP contribution in [0, 0.1) is 5.95 Å². The van der Waals surface area contributed by atoms with Crippen LogP contribution in [0.1, 0.15) is 33.0 Å². The maximum absolute atomic E-state index is 13.6. The lowest BCUT2D eigenvalue weighted by Gasteiger charge is -2.27. The number of carbonyl (C=O) groups excluding carboxylic acids is 1. The van der Waals surface area contributed by atoms with Gasteiger partial charge in [-0.05, 0) is 36.6 Å². The zero-order valence-electron chi connectivity index (χ0n) is 18.4. The molecule has 9 heteroatoms. The lowest BCUT2D eigenvalue weighted by molar-refractivity contribution is 0.0704. The smallest absolute Gasteiger partial charge is 0.273 e. The summed E-state index contributed by atoms with van der Waals surface area (Å²) in [6.07, 6.45) is 3.59. The molecule has 0 saturated heterocycles. The molecule has 1 saturated carbocycles. The van der Waals surface area contributed by atoms with Crippen molar-refractivity contribution >= 4 is 5.91 Å². The number of hydrogen-bond acceptors (Lipinski definition) is 6. The van der Waals surface area contributed by atoms with Crippen LogP contribution in [0.2, 0.25) is 0 Å². The van der Waals surface area contributed by atoms with Crippen molar-refractivity contribution < 1.29 is 17.7 Å². The van der Waals surface area contributed by atoms with Gasteiger partial charge in [0.15, 0.2) is 5.69 Å². The largest absolute Gasteiger partial charge is 0.422 e. The Bertz CT molecular complexity index is 1390. The number of rotatable bonds is 2. The second-order valence-electron chi connectivity index (χ2n) is 7.34. The van der Waals surface area contributed by atoms with Crippen LogP contribution in [0.5, 0.6) is 0 Å². The molecular weight excluding hydrogens is 387 g/mol. The molecule has 4 heterocycles. The fraction of sp³-hybridized carbons (Fsp3) is 0.190.